The number of benzene rings is 2. The minimum absolute atomic E-state index is 0.0203. The molecule has 1 aromatic heterocycles. The summed E-state index contributed by atoms with van der Waals surface area (Å²) in [5.41, 5.74) is 1.02. The Bertz CT molecular complexity index is 1290. The van der Waals surface area contributed by atoms with Crippen molar-refractivity contribution in [2.75, 3.05) is 33.9 Å². The topological polar surface area (TPSA) is 111 Å². The molecule has 0 atom stereocenters. The highest BCUT2D eigenvalue weighted by Crippen LogP contribution is 2.38. The van der Waals surface area contributed by atoms with Crippen molar-refractivity contribution in [1.82, 2.24) is 14.6 Å². The molecule has 2 aromatic carbocycles. The molecule has 0 spiro atoms. The average Bonchev–Trinajstić information content (AvgIpc) is 3.39. The molecule has 1 amide bonds. The van der Waals surface area contributed by atoms with Crippen LogP contribution >= 0.6 is 0 Å². The predicted octanol–water partition coefficient (Wildman–Crippen LogP) is 4.46. The number of methoxy groups -OCH3 is 2. The van der Waals surface area contributed by atoms with Crippen molar-refractivity contribution >= 4 is 15.9 Å². The number of sulfonamides is 1. The maximum atomic E-state index is 13.5. The van der Waals surface area contributed by atoms with Crippen LogP contribution in [-0.2, 0) is 10.0 Å². The third-order valence-corrected chi connectivity index (χ3v) is 8.46. The summed E-state index contributed by atoms with van der Waals surface area (Å²) in [6.45, 7) is 3.17. The summed E-state index contributed by atoms with van der Waals surface area (Å²) in [5, 5.41) is 2.92. The lowest BCUT2D eigenvalue weighted by molar-refractivity contribution is 0.0949. The standard InChI is InChI=1S/C27H33N3O6S/c1-4-5-16-28-26(31)23-24(19-10-7-6-8-11-19)36-27(29-23)20-14-17-30(18-15-20)37(32,33)25-21(34-2)12-9-13-22(25)35-3/h6-13,20H,4-5,14-18H2,1-3H3,(H,28,31). The molecule has 2 heterocycles. The van der Waals surface area contributed by atoms with E-state index in [4.69, 9.17) is 13.9 Å². The number of piperidine rings is 1. The normalized spacial score (nSPS) is 14.9. The van der Waals surface area contributed by atoms with Crippen molar-refractivity contribution in [3.8, 4) is 22.8 Å². The first-order chi connectivity index (χ1) is 17.9. The number of carbonyl (C=O) groups is 1. The van der Waals surface area contributed by atoms with Crippen LogP contribution in [0.25, 0.3) is 11.3 Å². The molecule has 1 fully saturated rings. The second-order valence-corrected chi connectivity index (χ2v) is 10.8. The Morgan fingerprint density at radius 2 is 1.70 bits per heavy atom. The molecular weight excluding hydrogens is 494 g/mol. The number of hydrogen-bond acceptors (Lipinski definition) is 7. The van der Waals surface area contributed by atoms with E-state index in [0.29, 0.717) is 31.0 Å². The van der Waals surface area contributed by atoms with Crippen LogP contribution in [-0.4, -0.2) is 57.5 Å². The number of hydrogen-bond donors (Lipinski definition) is 1. The maximum absolute atomic E-state index is 13.5. The number of nitrogens with zero attached hydrogens (tertiary/aromatic N) is 2. The first-order valence-electron chi connectivity index (χ1n) is 12.5. The van der Waals surface area contributed by atoms with Gasteiger partial charge in [-0.15, -0.1) is 0 Å². The van der Waals surface area contributed by atoms with E-state index in [9.17, 15) is 13.2 Å². The van der Waals surface area contributed by atoms with Gasteiger partial charge in [0.15, 0.2) is 22.2 Å². The van der Waals surface area contributed by atoms with Crippen LogP contribution in [0.4, 0.5) is 0 Å². The number of nitrogens with one attached hydrogen (secondary N) is 1. The third kappa shape index (κ3) is 5.65. The lowest BCUT2D eigenvalue weighted by Crippen LogP contribution is -2.38. The van der Waals surface area contributed by atoms with Gasteiger partial charge in [0.05, 0.1) is 14.2 Å². The Morgan fingerprint density at radius 1 is 1.05 bits per heavy atom. The largest absolute Gasteiger partial charge is 0.495 e. The van der Waals surface area contributed by atoms with Crippen LogP contribution in [0.2, 0.25) is 0 Å². The van der Waals surface area contributed by atoms with Gasteiger partial charge in [-0.05, 0) is 31.4 Å². The molecular formula is C27H33N3O6S. The highest BCUT2D eigenvalue weighted by atomic mass is 32.2. The van der Waals surface area contributed by atoms with E-state index in [0.717, 1.165) is 18.4 Å². The molecule has 0 radical (unpaired) electrons. The van der Waals surface area contributed by atoms with Gasteiger partial charge < -0.3 is 19.2 Å². The van der Waals surface area contributed by atoms with E-state index in [1.54, 1.807) is 18.2 Å². The average molecular weight is 528 g/mol. The monoisotopic (exact) mass is 527 g/mol. The van der Waals surface area contributed by atoms with Crippen LogP contribution in [0.1, 0.15) is 54.9 Å². The fourth-order valence-electron chi connectivity index (χ4n) is 4.46. The summed E-state index contributed by atoms with van der Waals surface area (Å²) in [7, 11) is -0.990. The van der Waals surface area contributed by atoms with E-state index >= 15 is 0 Å². The summed E-state index contributed by atoms with van der Waals surface area (Å²) >= 11 is 0. The zero-order valence-corrected chi connectivity index (χ0v) is 22.2. The van der Waals surface area contributed by atoms with Crippen molar-refractivity contribution in [2.45, 2.75) is 43.4 Å². The summed E-state index contributed by atoms with van der Waals surface area (Å²) in [5.74, 6) is 0.960. The molecule has 198 valence electrons. The van der Waals surface area contributed by atoms with Crippen LogP contribution < -0.4 is 14.8 Å². The highest BCUT2D eigenvalue weighted by Gasteiger charge is 2.36. The fraction of sp³-hybridized carbons (Fsp3) is 0.407. The van der Waals surface area contributed by atoms with Crippen LogP contribution in [0, 0.1) is 0 Å². The second kappa shape index (κ2) is 11.8. The Morgan fingerprint density at radius 3 is 2.30 bits per heavy atom. The molecule has 4 rings (SSSR count). The third-order valence-electron chi connectivity index (χ3n) is 6.49. The first kappa shape index (κ1) is 26.7. The van der Waals surface area contributed by atoms with E-state index in [2.05, 4.69) is 17.2 Å². The van der Waals surface area contributed by atoms with Gasteiger partial charge >= 0.3 is 0 Å². The molecule has 1 saturated heterocycles. The molecule has 9 nitrogen and oxygen atoms in total. The number of carbonyl (C=O) groups excluding carboxylic acids is 1. The predicted molar refractivity (Wildman–Crippen MR) is 139 cm³/mol. The molecule has 0 bridgehead atoms. The molecule has 0 saturated carbocycles. The summed E-state index contributed by atoms with van der Waals surface area (Å²) in [4.78, 5) is 17.5. The van der Waals surface area contributed by atoms with Crippen molar-refractivity contribution in [3.63, 3.8) is 0 Å². The van der Waals surface area contributed by atoms with E-state index < -0.39 is 10.0 Å². The van der Waals surface area contributed by atoms with Gasteiger partial charge in [0.2, 0.25) is 10.0 Å². The Hall–Kier alpha value is -3.37. The number of rotatable bonds is 10. The zero-order chi connectivity index (χ0) is 26.4. The number of unbranched alkanes of at least 4 members (excludes halogenated alkanes) is 1. The molecule has 1 aliphatic heterocycles. The number of oxazole rings is 1. The lowest BCUT2D eigenvalue weighted by Gasteiger charge is -2.30. The van der Waals surface area contributed by atoms with Gasteiger partial charge in [0.25, 0.3) is 5.91 Å². The molecule has 0 aliphatic carbocycles. The minimum Gasteiger partial charge on any atom is -0.495 e. The van der Waals surface area contributed by atoms with Crippen molar-refractivity contribution in [2.24, 2.45) is 0 Å². The van der Waals surface area contributed by atoms with Crippen molar-refractivity contribution in [3.05, 3.63) is 60.1 Å². The van der Waals surface area contributed by atoms with Gasteiger partial charge in [0, 0.05) is 31.1 Å². The van der Waals surface area contributed by atoms with Gasteiger partial charge in [-0.3, -0.25) is 4.79 Å². The van der Waals surface area contributed by atoms with E-state index in [1.165, 1.54) is 18.5 Å². The quantitative estimate of drug-likeness (QED) is 0.388. The molecule has 3 aromatic rings. The highest BCUT2D eigenvalue weighted by molar-refractivity contribution is 7.89. The molecule has 37 heavy (non-hydrogen) atoms. The second-order valence-electron chi connectivity index (χ2n) is 8.88. The van der Waals surface area contributed by atoms with Crippen molar-refractivity contribution in [1.29, 1.82) is 0 Å². The fourth-order valence-corrected chi connectivity index (χ4v) is 6.22. The summed E-state index contributed by atoms with van der Waals surface area (Å²) < 4.78 is 45.3. The van der Waals surface area contributed by atoms with Crippen LogP contribution in [0.15, 0.2) is 57.8 Å². The smallest absolute Gasteiger partial charge is 0.273 e. The van der Waals surface area contributed by atoms with Gasteiger partial charge in [-0.2, -0.15) is 4.31 Å². The van der Waals surface area contributed by atoms with E-state index in [1.807, 2.05) is 30.3 Å². The Kier molecular flexibility index (Phi) is 8.50. The van der Waals surface area contributed by atoms with Gasteiger partial charge in [-0.1, -0.05) is 49.7 Å². The molecule has 10 heteroatoms. The number of aromatic nitrogens is 1. The van der Waals surface area contributed by atoms with Crippen LogP contribution in [0.3, 0.4) is 0 Å². The van der Waals surface area contributed by atoms with Gasteiger partial charge in [0.1, 0.15) is 11.5 Å². The van der Waals surface area contributed by atoms with E-state index in [-0.39, 0.29) is 47.0 Å². The first-order valence-corrected chi connectivity index (χ1v) is 13.9. The summed E-state index contributed by atoms with van der Waals surface area (Å²) in [6.07, 6.45) is 2.85. The Labute approximate surface area is 217 Å². The number of amides is 1. The Balaban J connectivity index is 1.56. The van der Waals surface area contributed by atoms with Gasteiger partial charge in [-0.25, -0.2) is 13.4 Å². The molecule has 1 aliphatic rings. The number of ether oxygens (including phenoxy) is 2. The molecule has 1 N–H and O–H groups in total. The lowest BCUT2D eigenvalue weighted by atomic mass is 9.98. The van der Waals surface area contributed by atoms with Crippen LogP contribution in [0.5, 0.6) is 11.5 Å². The zero-order valence-electron chi connectivity index (χ0n) is 21.4. The minimum atomic E-state index is -3.86. The van der Waals surface area contributed by atoms with Crippen molar-refractivity contribution < 1.29 is 27.1 Å². The maximum Gasteiger partial charge on any atom is 0.273 e. The molecule has 0 unspecified atom stereocenters. The summed E-state index contributed by atoms with van der Waals surface area (Å²) in [6, 6.07) is 14.3. The SMILES string of the molecule is CCCCNC(=O)c1nc(C2CCN(S(=O)(=O)c3c(OC)cccc3OC)CC2)oc1-c1ccccc1.